The highest BCUT2D eigenvalue weighted by atomic mass is 16.2. The maximum Gasteiger partial charge on any atom is 0.334 e. The first-order valence-electron chi connectivity index (χ1n) is 2.78. The first-order chi connectivity index (χ1) is 4.81. The molecule has 0 spiro atoms. The molecule has 0 saturated carbocycles. The molecule has 0 saturated heterocycles. The molecule has 0 aromatic rings. The maximum absolute atomic E-state index is 10.4. The average molecular weight is 142 g/mol. The molecule has 0 aliphatic carbocycles. The molecule has 0 heterocycles. The van der Waals surface area contributed by atoms with Crippen molar-refractivity contribution in [3.8, 4) is 0 Å². The van der Waals surface area contributed by atoms with Crippen molar-refractivity contribution in [1.29, 1.82) is 0 Å². The lowest BCUT2D eigenvalue weighted by Crippen LogP contribution is -2.28. The third-order valence-electron chi connectivity index (χ3n) is 0.667. The molecule has 0 atom stereocenters. The Morgan fingerprint density at radius 2 is 2.30 bits per heavy atom. The topological polar surface area (TPSA) is 65.8 Å². The average Bonchev–Trinajstić information content (AvgIpc) is 1.98. The van der Waals surface area contributed by atoms with Crippen LogP contribution in [-0.2, 0) is 0 Å². The standard InChI is InChI=1S/C5H10N4O/c1-3-7-4-8-9-5(10)6-2/h3-4H,1-2H3,(H2,6,9,10)/b7-3?,8-4-. The van der Waals surface area contributed by atoms with E-state index < -0.39 is 0 Å². The van der Waals surface area contributed by atoms with Crippen LogP contribution in [0.4, 0.5) is 4.79 Å². The van der Waals surface area contributed by atoms with E-state index in [-0.39, 0.29) is 6.03 Å². The summed E-state index contributed by atoms with van der Waals surface area (Å²) in [6.45, 7) is 1.76. The zero-order valence-corrected chi connectivity index (χ0v) is 5.96. The third-order valence-corrected chi connectivity index (χ3v) is 0.667. The van der Waals surface area contributed by atoms with Gasteiger partial charge in [-0.25, -0.2) is 15.2 Å². The van der Waals surface area contributed by atoms with E-state index in [0.29, 0.717) is 0 Å². The van der Waals surface area contributed by atoms with E-state index in [2.05, 4.69) is 20.8 Å². The molecule has 0 aliphatic rings. The summed E-state index contributed by atoms with van der Waals surface area (Å²) in [4.78, 5) is 14.0. The molecule has 10 heavy (non-hydrogen) atoms. The van der Waals surface area contributed by atoms with Crippen LogP contribution in [0.1, 0.15) is 6.92 Å². The number of hydrazone groups is 1. The normalized spacial score (nSPS) is 10.6. The van der Waals surface area contributed by atoms with Gasteiger partial charge in [0.05, 0.1) is 0 Å². The first kappa shape index (κ1) is 8.61. The van der Waals surface area contributed by atoms with E-state index in [9.17, 15) is 4.79 Å². The monoisotopic (exact) mass is 142 g/mol. The molecule has 0 radical (unpaired) electrons. The van der Waals surface area contributed by atoms with Gasteiger partial charge in [-0.3, -0.25) is 0 Å². The Hall–Kier alpha value is -1.39. The molecule has 0 rings (SSSR count). The molecule has 0 unspecified atom stereocenters. The zero-order chi connectivity index (χ0) is 7.82. The van der Waals surface area contributed by atoms with Gasteiger partial charge < -0.3 is 5.32 Å². The fraction of sp³-hybridized carbons (Fsp3) is 0.400. The Balaban J connectivity index is 3.43. The number of nitrogens with zero attached hydrogens (tertiary/aromatic N) is 2. The lowest BCUT2D eigenvalue weighted by Gasteiger charge is -1.92. The molecule has 0 aliphatic heterocycles. The van der Waals surface area contributed by atoms with Crippen molar-refractivity contribution >= 4 is 18.6 Å². The van der Waals surface area contributed by atoms with Crippen molar-refractivity contribution in [3.63, 3.8) is 0 Å². The minimum atomic E-state index is -0.359. The molecular formula is C5H10N4O. The van der Waals surface area contributed by atoms with Gasteiger partial charge in [0.15, 0.2) is 0 Å². The van der Waals surface area contributed by atoms with Crippen LogP contribution >= 0.6 is 0 Å². The van der Waals surface area contributed by atoms with Gasteiger partial charge in [-0.15, -0.1) is 0 Å². The van der Waals surface area contributed by atoms with Crippen molar-refractivity contribution in [1.82, 2.24) is 10.7 Å². The summed E-state index contributed by atoms with van der Waals surface area (Å²) in [7, 11) is 1.51. The van der Waals surface area contributed by atoms with Crippen molar-refractivity contribution in [3.05, 3.63) is 0 Å². The second-order valence-corrected chi connectivity index (χ2v) is 1.34. The Bertz CT molecular complexity index is 152. The molecule has 2 amide bonds. The molecule has 0 fully saturated rings. The van der Waals surface area contributed by atoms with Crippen LogP contribution in [-0.4, -0.2) is 25.6 Å². The smallest absolute Gasteiger partial charge is 0.334 e. The number of carbonyl (C=O) groups is 1. The second-order valence-electron chi connectivity index (χ2n) is 1.34. The molecule has 5 heteroatoms. The van der Waals surface area contributed by atoms with Gasteiger partial charge in [0.2, 0.25) is 0 Å². The van der Waals surface area contributed by atoms with E-state index in [1.165, 1.54) is 13.4 Å². The van der Waals surface area contributed by atoms with Gasteiger partial charge in [0.25, 0.3) is 0 Å². The lowest BCUT2D eigenvalue weighted by molar-refractivity contribution is 0.243. The van der Waals surface area contributed by atoms with Crippen molar-refractivity contribution in [2.75, 3.05) is 7.05 Å². The van der Waals surface area contributed by atoms with Crippen LogP contribution in [0, 0.1) is 0 Å². The summed E-state index contributed by atoms with van der Waals surface area (Å²) in [6, 6.07) is -0.359. The predicted octanol–water partition coefficient (Wildman–Crippen LogP) is -0.0506. The van der Waals surface area contributed by atoms with Crippen LogP contribution < -0.4 is 10.7 Å². The molecular weight excluding hydrogens is 132 g/mol. The Morgan fingerprint density at radius 3 is 2.80 bits per heavy atom. The molecule has 2 N–H and O–H groups in total. The zero-order valence-electron chi connectivity index (χ0n) is 5.96. The SMILES string of the molecule is CC=N/C=N\NC(=O)NC. The third kappa shape index (κ3) is 4.76. The summed E-state index contributed by atoms with van der Waals surface area (Å²) in [6.07, 6.45) is 2.81. The Kier molecular flexibility index (Phi) is 4.94. The Labute approximate surface area is 59.2 Å². The van der Waals surface area contributed by atoms with Crippen LogP contribution in [0.5, 0.6) is 0 Å². The predicted molar refractivity (Wildman–Crippen MR) is 40.2 cm³/mol. The number of urea groups is 1. The fourth-order valence-corrected chi connectivity index (χ4v) is 0.243. The fourth-order valence-electron chi connectivity index (χ4n) is 0.243. The quantitative estimate of drug-likeness (QED) is 0.317. The molecule has 5 nitrogen and oxygen atoms in total. The minimum absolute atomic E-state index is 0.359. The minimum Gasteiger partial charge on any atom is -0.340 e. The number of nitrogens with one attached hydrogen (secondary N) is 2. The number of amides is 2. The molecule has 0 aromatic carbocycles. The first-order valence-corrected chi connectivity index (χ1v) is 2.78. The highest BCUT2D eigenvalue weighted by Gasteiger charge is 1.86. The van der Waals surface area contributed by atoms with Gasteiger partial charge in [-0.05, 0) is 6.92 Å². The van der Waals surface area contributed by atoms with Crippen molar-refractivity contribution in [2.24, 2.45) is 10.1 Å². The number of rotatable bonds is 2. The van der Waals surface area contributed by atoms with Gasteiger partial charge in [0.1, 0.15) is 6.34 Å². The van der Waals surface area contributed by atoms with Crippen molar-refractivity contribution in [2.45, 2.75) is 6.92 Å². The van der Waals surface area contributed by atoms with E-state index in [1.54, 1.807) is 13.1 Å². The molecule has 56 valence electrons. The van der Waals surface area contributed by atoms with Gasteiger partial charge >= 0.3 is 6.03 Å². The number of hydrogen-bond donors (Lipinski definition) is 2. The lowest BCUT2D eigenvalue weighted by atomic mass is 10.9. The summed E-state index contributed by atoms with van der Waals surface area (Å²) in [5, 5.41) is 5.77. The van der Waals surface area contributed by atoms with Crippen molar-refractivity contribution < 1.29 is 4.79 Å². The molecule has 0 aromatic heterocycles. The number of hydrogen-bond acceptors (Lipinski definition) is 2. The maximum atomic E-state index is 10.4. The summed E-state index contributed by atoms with van der Waals surface area (Å²) in [5.74, 6) is 0. The summed E-state index contributed by atoms with van der Waals surface area (Å²) in [5.41, 5.74) is 2.17. The van der Waals surface area contributed by atoms with Gasteiger partial charge in [0, 0.05) is 13.3 Å². The van der Waals surface area contributed by atoms with Crippen LogP contribution in [0.25, 0.3) is 0 Å². The largest absolute Gasteiger partial charge is 0.340 e. The van der Waals surface area contributed by atoms with Crippen LogP contribution in [0.15, 0.2) is 10.1 Å². The summed E-state index contributed by atoms with van der Waals surface area (Å²) >= 11 is 0. The highest BCUT2D eigenvalue weighted by Crippen LogP contribution is 1.61. The van der Waals surface area contributed by atoms with Gasteiger partial charge in [-0.2, -0.15) is 5.10 Å². The summed E-state index contributed by atoms with van der Waals surface area (Å²) < 4.78 is 0. The second kappa shape index (κ2) is 5.74. The number of carbonyl (C=O) groups excluding carboxylic acids is 1. The van der Waals surface area contributed by atoms with E-state index in [4.69, 9.17) is 0 Å². The van der Waals surface area contributed by atoms with E-state index >= 15 is 0 Å². The van der Waals surface area contributed by atoms with E-state index in [1.807, 2.05) is 0 Å². The van der Waals surface area contributed by atoms with E-state index in [0.717, 1.165) is 0 Å². The molecule has 0 bridgehead atoms. The Morgan fingerprint density at radius 1 is 1.60 bits per heavy atom. The van der Waals surface area contributed by atoms with Crippen LogP contribution in [0.2, 0.25) is 0 Å². The number of aliphatic imine (C=N–C) groups is 1. The highest BCUT2D eigenvalue weighted by molar-refractivity contribution is 5.75. The van der Waals surface area contributed by atoms with Crippen LogP contribution in [0.3, 0.4) is 0 Å². The van der Waals surface area contributed by atoms with Gasteiger partial charge in [-0.1, -0.05) is 0 Å².